The molecule has 1 amide bonds. The van der Waals surface area contributed by atoms with E-state index in [1.54, 1.807) is 12.4 Å². The number of carbonyl (C=O) groups excluding carboxylic acids is 1. The van der Waals surface area contributed by atoms with Crippen LogP contribution in [0.5, 0.6) is 0 Å². The highest BCUT2D eigenvalue weighted by Crippen LogP contribution is 2.26. The number of hydrogen-bond donors (Lipinski definition) is 1. The van der Waals surface area contributed by atoms with Crippen molar-refractivity contribution in [2.75, 3.05) is 25.5 Å². The molecule has 4 heteroatoms. The van der Waals surface area contributed by atoms with E-state index in [0.717, 1.165) is 37.5 Å². The fourth-order valence-electron chi connectivity index (χ4n) is 2.72. The van der Waals surface area contributed by atoms with Crippen LogP contribution in [-0.2, 0) is 0 Å². The van der Waals surface area contributed by atoms with Crippen LogP contribution in [0.4, 0.5) is 5.69 Å². The fourth-order valence-corrected chi connectivity index (χ4v) is 2.72. The zero-order valence-electron chi connectivity index (χ0n) is 12.0. The van der Waals surface area contributed by atoms with E-state index in [4.69, 9.17) is 0 Å². The van der Waals surface area contributed by atoms with Gasteiger partial charge in [0.05, 0.1) is 5.56 Å². The molecule has 104 valence electrons. The Kier molecular flexibility index (Phi) is 4.40. The highest BCUT2D eigenvalue weighted by molar-refractivity contribution is 5.99. The van der Waals surface area contributed by atoms with Crippen LogP contribution in [0.3, 0.4) is 0 Å². The second kappa shape index (κ2) is 6.04. The second-order valence-electron chi connectivity index (χ2n) is 5.54. The highest BCUT2D eigenvalue weighted by Gasteiger charge is 2.26. The maximum Gasteiger partial charge on any atom is 0.257 e. The average Bonchev–Trinajstić information content (AvgIpc) is 2.46. The van der Waals surface area contributed by atoms with Crippen molar-refractivity contribution in [3.63, 3.8) is 0 Å². The number of pyridine rings is 1. The van der Waals surface area contributed by atoms with Gasteiger partial charge < -0.3 is 10.2 Å². The smallest absolute Gasteiger partial charge is 0.257 e. The Labute approximate surface area is 115 Å². The average molecular weight is 261 g/mol. The van der Waals surface area contributed by atoms with Gasteiger partial charge in [0.15, 0.2) is 0 Å². The molecule has 4 nitrogen and oxygen atoms in total. The van der Waals surface area contributed by atoms with Crippen molar-refractivity contribution >= 4 is 11.6 Å². The van der Waals surface area contributed by atoms with E-state index in [0.29, 0.717) is 11.5 Å². The molecule has 0 spiro atoms. The lowest BCUT2D eigenvalue weighted by atomic mass is 9.86. The summed E-state index contributed by atoms with van der Waals surface area (Å²) >= 11 is 0. The Bertz CT molecular complexity index is 437. The van der Waals surface area contributed by atoms with Crippen LogP contribution in [-0.4, -0.2) is 35.9 Å². The molecule has 1 aromatic heterocycles. The van der Waals surface area contributed by atoms with Gasteiger partial charge in [0.25, 0.3) is 5.91 Å². The van der Waals surface area contributed by atoms with Crippen LogP contribution in [0.15, 0.2) is 18.5 Å². The van der Waals surface area contributed by atoms with Crippen LogP contribution >= 0.6 is 0 Å². The number of hydrogen-bond acceptors (Lipinski definition) is 3. The Morgan fingerprint density at radius 1 is 1.42 bits per heavy atom. The number of likely N-dealkylation sites (tertiary alicyclic amines) is 1. The van der Waals surface area contributed by atoms with E-state index in [2.05, 4.69) is 24.1 Å². The molecule has 0 aromatic carbocycles. The van der Waals surface area contributed by atoms with Crippen molar-refractivity contribution in [3.8, 4) is 0 Å². The standard InChI is InChI=1S/C15H23N3O/c1-11(2)12-5-8-18(9-6-12)15(19)13-10-17-7-4-14(13)16-3/h4,7,10-12H,5-6,8-9H2,1-3H3,(H,16,17). The summed E-state index contributed by atoms with van der Waals surface area (Å²) in [5.41, 5.74) is 1.53. The first kappa shape index (κ1) is 13.8. The van der Waals surface area contributed by atoms with Crippen molar-refractivity contribution < 1.29 is 4.79 Å². The molecule has 1 fully saturated rings. The summed E-state index contributed by atoms with van der Waals surface area (Å²) in [4.78, 5) is 18.5. The van der Waals surface area contributed by atoms with Gasteiger partial charge in [0.1, 0.15) is 0 Å². The van der Waals surface area contributed by atoms with E-state index < -0.39 is 0 Å². The Hall–Kier alpha value is -1.58. The van der Waals surface area contributed by atoms with Gasteiger partial charge in [-0.25, -0.2) is 0 Å². The molecule has 0 bridgehead atoms. The van der Waals surface area contributed by atoms with E-state index >= 15 is 0 Å². The summed E-state index contributed by atoms with van der Waals surface area (Å²) in [5.74, 6) is 1.56. The quantitative estimate of drug-likeness (QED) is 0.909. The number of nitrogens with one attached hydrogen (secondary N) is 1. The first-order valence-electron chi connectivity index (χ1n) is 7.04. The maximum atomic E-state index is 12.5. The number of amides is 1. The van der Waals surface area contributed by atoms with Gasteiger partial charge in [-0.2, -0.15) is 0 Å². The van der Waals surface area contributed by atoms with Crippen molar-refractivity contribution in [1.82, 2.24) is 9.88 Å². The van der Waals surface area contributed by atoms with Crippen LogP contribution in [0, 0.1) is 11.8 Å². The van der Waals surface area contributed by atoms with Gasteiger partial charge in [-0.3, -0.25) is 9.78 Å². The molecule has 0 unspecified atom stereocenters. The number of anilines is 1. The second-order valence-corrected chi connectivity index (χ2v) is 5.54. The largest absolute Gasteiger partial charge is 0.387 e. The molecule has 0 aliphatic carbocycles. The zero-order chi connectivity index (χ0) is 13.8. The summed E-state index contributed by atoms with van der Waals surface area (Å²) in [7, 11) is 1.83. The number of piperidine rings is 1. The lowest BCUT2D eigenvalue weighted by Crippen LogP contribution is -2.39. The first-order chi connectivity index (χ1) is 9.13. The molecular weight excluding hydrogens is 238 g/mol. The minimum absolute atomic E-state index is 0.0969. The molecule has 1 aliphatic rings. The van der Waals surface area contributed by atoms with Crippen LogP contribution in [0.25, 0.3) is 0 Å². The molecule has 0 radical (unpaired) electrons. The van der Waals surface area contributed by atoms with E-state index in [1.807, 2.05) is 18.0 Å². The molecule has 1 aromatic rings. The zero-order valence-corrected chi connectivity index (χ0v) is 12.0. The monoisotopic (exact) mass is 261 g/mol. The fraction of sp³-hybridized carbons (Fsp3) is 0.600. The van der Waals surface area contributed by atoms with Gasteiger partial charge in [-0.15, -0.1) is 0 Å². The molecule has 2 rings (SSSR count). The Morgan fingerprint density at radius 3 is 2.68 bits per heavy atom. The molecule has 0 saturated carbocycles. The molecule has 1 saturated heterocycles. The molecule has 1 N–H and O–H groups in total. The number of rotatable bonds is 3. The lowest BCUT2D eigenvalue weighted by molar-refractivity contribution is 0.0668. The van der Waals surface area contributed by atoms with Gasteiger partial charge in [-0.1, -0.05) is 13.8 Å². The van der Waals surface area contributed by atoms with Crippen molar-refractivity contribution in [3.05, 3.63) is 24.0 Å². The van der Waals surface area contributed by atoms with Gasteiger partial charge in [0, 0.05) is 38.2 Å². The molecular formula is C15H23N3O. The SMILES string of the molecule is CNc1ccncc1C(=O)N1CCC(C(C)C)CC1. The summed E-state index contributed by atoms with van der Waals surface area (Å²) in [6.07, 6.45) is 5.58. The van der Waals surface area contributed by atoms with Crippen LogP contribution in [0.1, 0.15) is 37.0 Å². The Morgan fingerprint density at radius 2 is 2.11 bits per heavy atom. The Balaban J connectivity index is 2.05. The van der Waals surface area contributed by atoms with E-state index in [9.17, 15) is 4.79 Å². The first-order valence-corrected chi connectivity index (χ1v) is 7.04. The third-order valence-electron chi connectivity index (χ3n) is 4.09. The number of aromatic nitrogens is 1. The normalized spacial score (nSPS) is 16.7. The molecule has 19 heavy (non-hydrogen) atoms. The van der Waals surface area contributed by atoms with Crippen molar-refractivity contribution in [2.24, 2.45) is 11.8 Å². The predicted octanol–water partition coefficient (Wildman–Crippen LogP) is 2.63. The number of carbonyl (C=O) groups is 1. The van der Waals surface area contributed by atoms with Crippen LogP contribution < -0.4 is 5.32 Å². The van der Waals surface area contributed by atoms with Gasteiger partial charge in [-0.05, 0) is 30.7 Å². The third kappa shape index (κ3) is 3.06. The lowest BCUT2D eigenvalue weighted by Gasteiger charge is -2.34. The molecule has 1 aliphatic heterocycles. The summed E-state index contributed by atoms with van der Waals surface area (Å²) in [5, 5.41) is 3.06. The van der Waals surface area contributed by atoms with E-state index in [1.165, 1.54) is 0 Å². The summed E-state index contributed by atoms with van der Waals surface area (Å²) in [6, 6.07) is 1.84. The maximum absolute atomic E-state index is 12.5. The number of nitrogens with zero attached hydrogens (tertiary/aromatic N) is 2. The topological polar surface area (TPSA) is 45.2 Å². The highest BCUT2D eigenvalue weighted by atomic mass is 16.2. The summed E-state index contributed by atoms with van der Waals surface area (Å²) < 4.78 is 0. The van der Waals surface area contributed by atoms with Gasteiger partial charge in [0.2, 0.25) is 0 Å². The molecule has 0 atom stereocenters. The minimum Gasteiger partial charge on any atom is -0.387 e. The van der Waals surface area contributed by atoms with E-state index in [-0.39, 0.29) is 5.91 Å². The van der Waals surface area contributed by atoms with Crippen LogP contribution in [0.2, 0.25) is 0 Å². The third-order valence-corrected chi connectivity index (χ3v) is 4.09. The minimum atomic E-state index is 0.0969. The van der Waals surface area contributed by atoms with Crippen molar-refractivity contribution in [1.29, 1.82) is 0 Å². The predicted molar refractivity (Wildman–Crippen MR) is 77.2 cm³/mol. The summed E-state index contributed by atoms with van der Waals surface area (Å²) in [6.45, 7) is 6.25. The van der Waals surface area contributed by atoms with Crippen molar-refractivity contribution in [2.45, 2.75) is 26.7 Å². The molecule has 2 heterocycles. The van der Waals surface area contributed by atoms with Gasteiger partial charge >= 0.3 is 0 Å².